The zero-order chi connectivity index (χ0) is 24.4. The quantitative estimate of drug-likeness (QED) is 0.407. The molecule has 7 heteroatoms. The number of allylic oxidation sites excluding steroid dienone is 1. The van der Waals surface area contributed by atoms with Crippen LogP contribution in [0.4, 0.5) is 0 Å². The molecule has 0 radical (unpaired) electrons. The van der Waals surface area contributed by atoms with Crippen molar-refractivity contribution in [3.05, 3.63) is 107 Å². The van der Waals surface area contributed by atoms with E-state index in [4.69, 9.17) is 19.9 Å². The van der Waals surface area contributed by atoms with E-state index in [-0.39, 0.29) is 5.88 Å². The molecule has 1 aliphatic heterocycles. The van der Waals surface area contributed by atoms with Crippen LogP contribution in [0, 0.1) is 18.3 Å². The molecule has 0 spiro atoms. The number of rotatable bonds is 6. The van der Waals surface area contributed by atoms with Crippen LogP contribution in [0.1, 0.15) is 28.2 Å². The van der Waals surface area contributed by atoms with Crippen molar-refractivity contribution in [3.8, 4) is 34.7 Å². The number of H-pyrrole nitrogens is 1. The number of nitriles is 1. The minimum Gasteiger partial charge on any atom is -0.497 e. The average molecular weight is 465 g/mol. The normalized spacial score (nSPS) is 14.6. The summed E-state index contributed by atoms with van der Waals surface area (Å²) < 4.78 is 16.9. The number of hydrogen-bond acceptors (Lipinski definition) is 6. The summed E-state index contributed by atoms with van der Waals surface area (Å²) in [5.41, 5.74) is 12.0. The first kappa shape index (κ1) is 22.1. The lowest BCUT2D eigenvalue weighted by Gasteiger charge is -2.24. The number of aryl methyl sites for hydroxylation is 1. The first-order valence-electron chi connectivity index (χ1n) is 11.2. The number of aromatic amines is 1. The van der Waals surface area contributed by atoms with E-state index in [1.807, 2.05) is 60.7 Å². The molecule has 1 aromatic heterocycles. The van der Waals surface area contributed by atoms with Crippen molar-refractivity contribution in [1.29, 1.82) is 5.26 Å². The number of nitrogens with one attached hydrogen (secondary N) is 1. The van der Waals surface area contributed by atoms with Gasteiger partial charge in [0.05, 0.1) is 24.3 Å². The van der Waals surface area contributed by atoms with E-state index in [1.54, 1.807) is 7.11 Å². The lowest BCUT2D eigenvalue weighted by molar-refractivity contribution is 0.306. The molecule has 2 heterocycles. The summed E-state index contributed by atoms with van der Waals surface area (Å²) in [5.74, 6) is 1.46. The van der Waals surface area contributed by atoms with E-state index in [2.05, 4.69) is 35.3 Å². The smallest absolute Gasteiger partial charge is 0.244 e. The van der Waals surface area contributed by atoms with Gasteiger partial charge in [0.1, 0.15) is 29.7 Å². The molecule has 0 saturated carbocycles. The standard InChI is InChI=1S/C28H24N4O3/c1-17-4-3-5-18(14-17)16-34-22-12-6-19(7-13-22)24-23(15-29)27(30)35-28-25(24)26(31-32-28)20-8-10-21(33-2)11-9-20/h3-14,24H,16,30H2,1-2H3,(H,31,32)/t24-/m0/s1. The Morgan fingerprint density at radius 1 is 1.06 bits per heavy atom. The molecule has 7 nitrogen and oxygen atoms in total. The van der Waals surface area contributed by atoms with Gasteiger partial charge in [-0.15, -0.1) is 5.10 Å². The highest BCUT2D eigenvalue weighted by atomic mass is 16.5. The molecule has 4 aromatic rings. The molecule has 1 aliphatic rings. The second-order valence-corrected chi connectivity index (χ2v) is 8.32. The Morgan fingerprint density at radius 2 is 1.80 bits per heavy atom. The van der Waals surface area contributed by atoms with Crippen LogP contribution in [0.25, 0.3) is 11.3 Å². The fraction of sp³-hybridized carbons (Fsp3) is 0.143. The van der Waals surface area contributed by atoms with Crippen molar-refractivity contribution >= 4 is 0 Å². The van der Waals surface area contributed by atoms with Gasteiger partial charge < -0.3 is 19.9 Å². The first-order valence-corrected chi connectivity index (χ1v) is 11.2. The Balaban J connectivity index is 1.48. The Hall–Kier alpha value is -4.70. The molecule has 0 fully saturated rings. The van der Waals surface area contributed by atoms with E-state index < -0.39 is 5.92 Å². The molecule has 174 valence electrons. The third kappa shape index (κ3) is 4.30. The molecule has 5 rings (SSSR count). The van der Waals surface area contributed by atoms with Gasteiger partial charge in [0.15, 0.2) is 0 Å². The lowest BCUT2D eigenvalue weighted by Crippen LogP contribution is -2.21. The Bertz CT molecular complexity index is 1430. The van der Waals surface area contributed by atoms with Crippen molar-refractivity contribution in [2.75, 3.05) is 7.11 Å². The van der Waals surface area contributed by atoms with Gasteiger partial charge in [0, 0.05) is 5.56 Å². The van der Waals surface area contributed by atoms with Crippen molar-refractivity contribution in [1.82, 2.24) is 10.2 Å². The van der Waals surface area contributed by atoms with Gasteiger partial charge in [-0.1, -0.05) is 42.0 Å². The van der Waals surface area contributed by atoms with Crippen LogP contribution in [0.3, 0.4) is 0 Å². The second-order valence-electron chi connectivity index (χ2n) is 8.32. The van der Waals surface area contributed by atoms with E-state index in [0.29, 0.717) is 18.1 Å². The molecule has 0 bridgehead atoms. The summed E-state index contributed by atoms with van der Waals surface area (Å²) >= 11 is 0. The number of nitrogens with two attached hydrogens (primary N) is 1. The number of ether oxygens (including phenoxy) is 3. The van der Waals surface area contributed by atoms with Crippen LogP contribution >= 0.6 is 0 Å². The minimum absolute atomic E-state index is 0.0533. The molecule has 1 atom stereocenters. The van der Waals surface area contributed by atoms with Crippen LogP contribution in [0.5, 0.6) is 17.4 Å². The zero-order valence-electron chi connectivity index (χ0n) is 19.4. The Morgan fingerprint density at radius 3 is 2.49 bits per heavy atom. The molecule has 0 aliphatic carbocycles. The SMILES string of the molecule is COc1ccc(-c2[nH]nc3c2[C@@H](c2ccc(OCc4cccc(C)c4)cc2)C(C#N)=C(N)O3)cc1. The molecular formula is C28H24N4O3. The summed E-state index contributed by atoms with van der Waals surface area (Å²) in [6.07, 6.45) is 0. The van der Waals surface area contributed by atoms with Gasteiger partial charge in [0.2, 0.25) is 11.8 Å². The fourth-order valence-electron chi connectivity index (χ4n) is 4.28. The summed E-state index contributed by atoms with van der Waals surface area (Å²) in [7, 11) is 1.62. The molecular weight excluding hydrogens is 440 g/mol. The largest absolute Gasteiger partial charge is 0.497 e. The molecule has 35 heavy (non-hydrogen) atoms. The lowest BCUT2D eigenvalue weighted by atomic mass is 9.83. The first-order chi connectivity index (χ1) is 17.1. The van der Waals surface area contributed by atoms with Gasteiger partial charge >= 0.3 is 0 Å². The number of hydrogen-bond donors (Lipinski definition) is 2. The zero-order valence-corrected chi connectivity index (χ0v) is 19.4. The molecule has 3 aromatic carbocycles. The predicted molar refractivity (Wildman–Crippen MR) is 132 cm³/mol. The molecule has 0 amide bonds. The maximum atomic E-state index is 9.93. The number of nitrogens with zero attached hydrogens (tertiary/aromatic N) is 2. The molecule has 0 unspecified atom stereocenters. The van der Waals surface area contributed by atoms with Crippen LogP contribution in [-0.4, -0.2) is 17.3 Å². The minimum atomic E-state index is -0.439. The van der Waals surface area contributed by atoms with Gasteiger partial charge in [-0.05, 0) is 54.4 Å². The van der Waals surface area contributed by atoms with Crippen molar-refractivity contribution in [2.24, 2.45) is 5.73 Å². The van der Waals surface area contributed by atoms with Gasteiger partial charge in [-0.25, -0.2) is 0 Å². The van der Waals surface area contributed by atoms with Crippen LogP contribution in [0.15, 0.2) is 84.3 Å². The Labute approximate surface area is 203 Å². The number of fused-ring (bicyclic) bond motifs is 1. The molecule has 0 saturated heterocycles. The monoisotopic (exact) mass is 464 g/mol. The van der Waals surface area contributed by atoms with Crippen molar-refractivity contribution in [2.45, 2.75) is 19.4 Å². The predicted octanol–water partition coefficient (Wildman–Crippen LogP) is 5.19. The summed E-state index contributed by atoms with van der Waals surface area (Å²) in [4.78, 5) is 0. The van der Waals surface area contributed by atoms with Crippen molar-refractivity contribution < 1.29 is 14.2 Å². The highest BCUT2D eigenvalue weighted by Gasteiger charge is 2.35. The van der Waals surface area contributed by atoms with Gasteiger partial charge in [-0.3, -0.25) is 5.10 Å². The summed E-state index contributed by atoms with van der Waals surface area (Å²) in [6, 6.07) is 25.7. The van der Waals surface area contributed by atoms with Crippen LogP contribution < -0.4 is 19.9 Å². The van der Waals surface area contributed by atoms with E-state index in [9.17, 15) is 5.26 Å². The van der Waals surface area contributed by atoms with E-state index in [0.717, 1.165) is 39.4 Å². The van der Waals surface area contributed by atoms with E-state index >= 15 is 0 Å². The second kappa shape index (κ2) is 9.27. The maximum absolute atomic E-state index is 9.93. The third-order valence-electron chi connectivity index (χ3n) is 6.02. The van der Waals surface area contributed by atoms with E-state index in [1.165, 1.54) is 5.56 Å². The topological polar surface area (TPSA) is 106 Å². The van der Waals surface area contributed by atoms with Crippen molar-refractivity contribution in [3.63, 3.8) is 0 Å². The average Bonchev–Trinajstić information content (AvgIpc) is 3.30. The highest BCUT2D eigenvalue weighted by Crippen LogP contribution is 2.45. The summed E-state index contributed by atoms with van der Waals surface area (Å²) in [6.45, 7) is 2.53. The number of benzene rings is 3. The highest BCUT2D eigenvalue weighted by molar-refractivity contribution is 5.71. The van der Waals surface area contributed by atoms with Gasteiger partial charge in [0.25, 0.3) is 0 Å². The third-order valence-corrected chi connectivity index (χ3v) is 6.02. The van der Waals surface area contributed by atoms with Crippen LogP contribution in [0.2, 0.25) is 0 Å². The number of aromatic nitrogens is 2. The molecule has 3 N–H and O–H groups in total. The Kier molecular flexibility index (Phi) is 5.86. The fourth-order valence-corrected chi connectivity index (χ4v) is 4.28. The van der Waals surface area contributed by atoms with Gasteiger partial charge in [-0.2, -0.15) is 5.26 Å². The number of methoxy groups -OCH3 is 1. The maximum Gasteiger partial charge on any atom is 0.244 e. The summed E-state index contributed by atoms with van der Waals surface area (Å²) in [5, 5.41) is 17.3. The van der Waals surface area contributed by atoms with Crippen LogP contribution in [-0.2, 0) is 6.61 Å².